The highest BCUT2D eigenvalue weighted by atomic mass is 19.4. The number of carbonyl (C=O) groups excluding carboxylic acids is 1. The number of nitriles is 1. The number of carbonyl (C=O) groups is 1. The SMILES string of the molecule is C.C[C@H](Cc1cc(C#N)c2c(c1)CCN2CCCOC(=O)c1ccccc1)NCOc1ccccc1OCC(F)(F)F. The van der Waals surface area contributed by atoms with Gasteiger partial charge in [0.15, 0.2) is 18.1 Å². The van der Waals surface area contributed by atoms with Crippen LogP contribution in [0.25, 0.3) is 0 Å². The summed E-state index contributed by atoms with van der Waals surface area (Å²) in [6.45, 7) is 2.41. The highest BCUT2D eigenvalue weighted by Crippen LogP contribution is 2.33. The fourth-order valence-corrected chi connectivity index (χ4v) is 4.73. The second-order valence-electron chi connectivity index (χ2n) is 9.80. The lowest BCUT2D eigenvalue weighted by atomic mass is 9.99. The molecule has 0 saturated carbocycles. The Morgan fingerprint density at radius 1 is 1.07 bits per heavy atom. The molecule has 0 spiro atoms. The van der Waals surface area contributed by atoms with Crippen molar-refractivity contribution in [2.45, 2.75) is 45.8 Å². The zero-order valence-electron chi connectivity index (χ0n) is 22.7. The van der Waals surface area contributed by atoms with Crippen molar-refractivity contribution in [1.82, 2.24) is 5.32 Å². The van der Waals surface area contributed by atoms with Crippen molar-refractivity contribution in [1.29, 1.82) is 5.26 Å². The van der Waals surface area contributed by atoms with E-state index in [1.165, 1.54) is 6.07 Å². The van der Waals surface area contributed by atoms with Gasteiger partial charge < -0.3 is 19.1 Å². The third-order valence-electron chi connectivity index (χ3n) is 6.59. The molecule has 0 saturated heterocycles. The number of halogens is 3. The minimum atomic E-state index is -4.44. The molecule has 0 amide bonds. The van der Waals surface area contributed by atoms with E-state index in [1.807, 2.05) is 19.1 Å². The summed E-state index contributed by atoms with van der Waals surface area (Å²) < 4.78 is 53.5. The molecule has 10 heteroatoms. The number of hydrogen-bond acceptors (Lipinski definition) is 7. The third-order valence-corrected chi connectivity index (χ3v) is 6.59. The number of para-hydroxylation sites is 2. The van der Waals surface area contributed by atoms with Crippen molar-refractivity contribution in [2.75, 3.05) is 37.9 Å². The Kier molecular flexibility index (Phi) is 11.6. The van der Waals surface area contributed by atoms with Crippen molar-refractivity contribution < 1.29 is 32.2 Å². The average Bonchev–Trinajstić information content (AvgIpc) is 3.37. The molecule has 0 bridgehead atoms. The minimum Gasteiger partial charge on any atom is -0.480 e. The molecule has 1 aliphatic heterocycles. The molecule has 3 aromatic carbocycles. The molecule has 1 aliphatic rings. The number of nitrogens with one attached hydrogen (secondary N) is 1. The molecule has 224 valence electrons. The van der Waals surface area contributed by atoms with Crippen LogP contribution in [0, 0.1) is 11.3 Å². The Morgan fingerprint density at radius 3 is 2.45 bits per heavy atom. The Labute approximate surface area is 244 Å². The first kappa shape index (κ1) is 32.3. The first-order valence-electron chi connectivity index (χ1n) is 13.4. The van der Waals surface area contributed by atoms with Gasteiger partial charge in [0, 0.05) is 19.1 Å². The quantitative estimate of drug-likeness (QED) is 0.144. The predicted molar refractivity (Wildman–Crippen MR) is 155 cm³/mol. The van der Waals surface area contributed by atoms with Crippen LogP contribution in [0.3, 0.4) is 0 Å². The molecule has 1 atom stereocenters. The van der Waals surface area contributed by atoms with Crippen LogP contribution in [0.15, 0.2) is 66.7 Å². The van der Waals surface area contributed by atoms with Gasteiger partial charge in [-0.2, -0.15) is 18.4 Å². The molecule has 42 heavy (non-hydrogen) atoms. The Morgan fingerprint density at radius 2 is 1.76 bits per heavy atom. The summed E-state index contributed by atoms with van der Waals surface area (Å²) >= 11 is 0. The lowest BCUT2D eigenvalue weighted by Gasteiger charge is -2.21. The normalized spacial score (nSPS) is 13.0. The number of fused-ring (bicyclic) bond motifs is 1. The molecule has 1 heterocycles. The summed E-state index contributed by atoms with van der Waals surface area (Å²) in [7, 11) is 0. The monoisotopic (exact) mass is 583 g/mol. The fourth-order valence-electron chi connectivity index (χ4n) is 4.73. The number of anilines is 1. The number of ether oxygens (including phenoxy) is 3. The zero-order chi connectivity index (χ0) is 29.2. The number of benzene rings is 3. The summed E-state index contributed by atoms with van der Waals surface area (Å²) in [6.07, 6.45) is -2.34. The first-order valence-corrected chi connectivity index (χ1v) is 13.4. The van der Waals surface area contributed by atoms with Crippen LogP contribution in [0.4, 0.5) is 18.9 Å². The molecule has 0 unspecified atom stereocenters. The van der Waals surface area contributed by atoms with Gasteiger partial charge in [-0.05, 0) is 67.6 Å². The van der Waals surface area contributed by atoms with Crippen LogP contribution in [-0.2, 0) is 17.6 Å². The number of hydrogen-bond donors (Lipinski definition) is 1. The van der Waals surface area contributed by atoms with E-state index in [4.69, 9.17) is 14.2 Å². The first-order chi connectivity index (χ1) is 19.7. The van der Waals surface area contributed by atoms with Gasteiger partial charge in [0.2, 0.25) is 0 Å². The van der Waals surface area contributed by atoms with E-state index in [1.54, 1.807) is 42.5 Å². The van der Waals surface area contributed by atoms with Gasteiger partial charge in [-0.1, -0.05) is 43.8 Å². The van der Waals surface area contributed by atoms with E-state index in [0.29, 0.717) is 37.1 Å². The van der Waals surface area contributed by atoms with E-state index in [9.17, 15) is 23.2 Å². The van der Waals surface area contributed by atoms with Gasteiger partial charge in [-0.3, -0.25) is 5.32 Å². The standard InChI is InChI=1S/C31H32F3N3O4.CH4/c1-22(36-21-41-28-11-6-5-10-27(28)40-20-31(32,33)34)16-23-17-25-12-14-37(29(25)26(18-23)19-35)13-7-15-39-30(38)24-8-3-2-4-9-24;/h2-6,8-11,17-18,22,36H,7,12-16,20-21H2,1H3;1H4/t22-;/m1./s1. The van der Waals surface area contributed by atoms with Crippen molar-refractivity contribution >= 4 is 11.7 Å². The fraction of sp³-hybridized carbons (Fsp3) is 0.375. The lowest BCUT2D eigenvalue weighted by Crippen LogP contribution is -2.31. The molecule has 0 aromatic heterocycles. The van der Waals surface area contributed by atoms with Crippen LogP contribution in [0.1, 0.15) is 47.8 Å². The van der Waals surface area contributed by atoms with Gasteiger partial charge in [0.05, 0.1) is 23.4 Å². The molecule has 0 radical (unpaired) electrons. The summed E-state index contributed by atoms with van der Waals surface area (Å²) in [6, 6.07) is 21.4. The molecule has 0 aliphatic carbocycles. The maximum absolute atomic E-state index is 12.5. The van der Waals surface area contributed by atoms with Gasteiger partial charge in [-0.15, -0.1) is 0 Å². The average molecular weight is 584 g/mol. The number of rotatable bonds is 13. The van der Waals surface area contributed by atoms with Crippen LogP contribution < -0.4 is 19.7 Å². The van der Waals surface area contributed by atoms with Crippen LogP contribution >= 0.6 is 0 Å². The lowest BCUT2D eigenvalue weighted by molar-refractivity contribution is -0.153. The summed E-state index contributed by atoms with van der Waals surface area (Å²) in [5, 5.41) is 13.1. The smallest absolute Gasteiger partial charge is 0.422 e. The Balaban J connectivity index is 0.00000484. The van der Waals surface area contributed by atoms with E-state index in [2.05, 4.69) is 22.4 Å². The summed E-state index contributed by atoms with van der Waals surface area (Å²) in [4.78, 5) is 14.3. The van der Waals surface area contributed by atoms with Crippen molar-refractivity contribution in [3.05, 3.63) is 89.0 Å². The number of nitrogens with zero attached hydrogens (tertiary/aromatic N) is 2. The van der Waals surface area contributed by atoms with Crippen LogP contribution in [-0.4, -0.2) is 51.2 Å². The molecule has 7 nitrogen and oxygen atoms in total. The van der Waals surface area contributed by atoms with Gasteiger partial charge in [-0.25, -0.2) is 4.79 Å². The van der Waals surface area contributed by atoms with Gasteiger partial charge in [0.1, 0.15) is 12.8 Å². The van der Waals surface area contributed by atoms with E-state index >= 15 is 0 Å². The van der Waals surface area contributed by atoms with E-state index in [0.717, 1.165) is 29.8 Å². The van der Waals surface area contributed by atoms with Crippen LogP contribution in [0.2, 0.25) is 0 Å². The summed E-state index contributed by atoms with van der Waals surface area (Å²) in [5.74, 6) is -0.104. The second-order valence-corrected chi connectivity index (χ2v) is 9.80. The van der Waals surface area contributed by atoms with E-state index < -0.39 is 12.8 Å². The molecule has 0 fully saturated rings. The minimum absolute atomic E-state index is 0. The highest BCUT2D eigenvalue weighted by molar-refractivity contribution is 5.89. The maximum Gasteiger partial charge on any atom is 0.422 e. The van der Waals surface area contributed by atoms with E-state index in [-0.39, 0.29) is 37.7 Å². The van der Waals surface area contributed by atoms with Crippen LogP contribution in [0.5, 0.6) is 11.5 Å². The van der Waals surface area contributed by atoms with Crippen molar-refractivity contribution in [3.8, 4) is 17.6 Å². The van der Waals surface area contributed by atoms with Crippen molar-refractivity contribution in [3.63, 3.8) is 0 Å². The number of esters is 1. The topological polar surface area (TPSA) is 83.8 Å². The summed E-state index contributed by atoms with van der Waals surface area (Å²) in [5.41, 5.74) is 4.18. The largest absolute Gasteiger partial charge is 0.480 e. The molecule has 4 rings (SSSR count). The van der Waals surface area contributed by atoms with Gasteiger partial charge in [0.25, 0.3) is 0 Å². The Hall–Kier alpha value is -4.23. The maximum atomic E-state index is 12.5. The molecular formula is C32H36F3N3O4. The van der Waals surface area contributed by atoms with Crippen molar-refractivity contribution in [2.24, 2.45) is 0 Å². The third kappa shape index (κ3) is 9.14. The predicted octanol–water partition coefficient (Wildman–Crippen LogP) is 6.30. The molecular weight excluding hydrogens is 547 g/mol. The molecule has 3 aromatic rings. The number of alkyl halides is 3. The Bertz CT molecular complexity index is 1360. The molecule has 1 N–H and O–H groups in total. The second kappa shape index (κ2) is 15.1. The zero-order valence-corrected chi connectivity index (χ0v) is 22.7. The van der Waals surface area contributed by atoms with Gasteiger partial charge >= 0.3 is 12.1 Å². The highest BCUT2D eigenvalue weighted by Gasteiger charge is 2.29.